The monoisotopic (exact) mass is 222 g/mol. The third-order valence-electron chi connectivity index (χ3n) is 4.26. The van der Waals surface area contributed by atoms with Gasteiger partial charge in [0.05, 0.1) is 0 Å². The van der Waals surface area contributed by atoms with E-state index in [1.165, 1.54) is 38.2 Å². The minimum Gasteiger partial charge on any atom is -0.458 e. The summed E-state index contributed by atoms with van der Waals surface area (Å²) in [7, 11) is 0. The maximum Gasteiger partial charge on any atom is 0.303 e. The van der Waals surface area contributed by atoms with Crippen LogP contribution in [0.25, 0.3) is 0 Å². The molecule has 2 nitrogen and oxygen atoms in total. The quantitative estimate of drug-likeness (QED) is 0.501. The highest BCUT2D eigenvalue weighted by molar-refractivity contribution is 5.66. The van der Waals surface area contributed by atoms with E-state index in [-0.39, 0.29) is 12.1 Å². The number of carbonyl (C=O) groups is 1. The number of ether oxygens (including phenoxy) is 1. The van der Waals surface area contributed by atoms with Gasteiger partial charge in [-0.1, -0.05) is 25.8 Å². The van der Waals surface area contributed by atoms with Gasteiger partial charge in [-0.15, -0.1) is 0 Å². The van der Waals surface area contributed by atoms with Crippen LogP contribution >= 0.6 is 0 Å². The second-order valence-electron chi connectivity index (χ2n) is 5.66. The van der Waals surface area contributed by atoms with E-state index >= 15 is 0 Å². The minimum absolute atomic E-state index is 0.0288. The predicted molar refractivity (Wildman–Crippen MR) is 64.0 cm³/mol. The van der Waals surface area contributed by atoms with Crippen LogP contribution in [0.2, 0.25) is 0 Å². The first-order chi connectivity index (χ1) is 7.51. The van der Waals surface area contributed by atoms with Crippen molar-refractivity contribution in [1.82, 2.24) is 0 Å². The molecule has 0 N–H and O–H groups in total. The first kappa shape index (κ1) is 11.7. The molecule has 0 aromatic heterocycles. The molecule has 2 aliphatic rings. The zero-order valence-corrected chi connectivity index (χ0v) is 10.6. The molecular weight excluding hydrogens is 200 g/mol. The van der Waals surface area contributed by atoms with Crippen molar-refractivity contribution in [2.45, 2.75) is 59.0 Å². The SMILES string of the molecule is CC(=O)OC1C=C2[C@@H](C)CCC[C@@]2(C)CC1. The highest BCUT2D eigenvalue weighted by Gasteiger charge is 2.39. The summed E-state index contributed by atoms with van der Waals surface area (Å²) in [5.74, 6) is 0.506. The molecule has 0 aromatic carbocycles. The Bertz CT molecular complexity index is 319. The largest absolute Gasteiger partial charge is 0.458 e. The lowest BCUT2D eigenvalue weighted by Crippen LogP contribution is -2.34. The molecule has 1 fully saturated rings. The summed E-state index contributed by atoms with van der Waals surface area (Å²) in [4.78, 5) is 11.0. The molecule has 90 valence electrons. The van der Waals surface area contributed by atoms with Gasteiger partial charge in [0.15, 0.2) is 0 Å². The van der Waals surface area contributed by atoms with Crippen molar-refractivity contribution >= 4 is 5.97 Å². The lowest BCUT2D eigenvalue weighted by atomic mass is 9.62. The van der Waals surface area contributed by atoms with Crippen molar-refractivity contribution in [2.75, 3.05) is 0 Å². The number of hydrogen-bond donors (Lipinski definition) is 0. The van der Waals surface area contributed by atoms with Gasteiger partial charge in [-0.3, -0.25) is 4.79 Å². The summed E-state index contributed by atoms with van der Waals surface area (Å²) in [6, 6.07) is 0. The average Bonchev–Trinajstić information content (AvgIpc) is 2.19. The van der Waals surface area contributed by atoms with E-state index < -0.39 is 0 Å². The molecule has 0 spiro atoms. The number of rotatable bonds is 1. The van der Waals surface area contributed by atoms with E-state index in [0.29, 0.717) is 11.3 Å². The topological polar surface area (TPSA) is 26.3 Å². The number of esters is 1. The van der Waals surface area contributed by atoms with Crippen LogP contribution in [0.4, 0.5) is 0 Å². The third-order valence-corrected chi connectivity index (χ3v) is 4.26. The molecule has 2 heteroatoms. The smallest absolute Gasteiger partial charge is 0.303 e. The van der Waals surface area contributed by atoms with Gasteiger partial charge in [0.1, 0.15) is 6.10 Å². The van der Waals surface area contributed by atoms with Gasteiger partial charge in [-0.25, -0.2) is 0 Å². The number of fused-ring (bicyclic) bond motifs is 1. The second kappa shape index (κ2) is 4.23. The molecule has 0 aromatic rings. The molecule has 2 aliphatic carbocycles. The van der Waals surface area contributed by atoms with E-state index in [2.05, 4.69) is 19.9 Å². The molecule has 3 atom stereocenters. The highest BCUT2D eigenvalue weighted by Crippen LogP contribution is 2.49. The van der Waals surface area contributed by atoms with Crippen molar-refractivity contribution in [3.63, 3.8) is 0 Å². The van der Waals surface area contributed by atoms with Crippen LogP contribution < -0.4 is 0 Å². The Balaban J connectivity index is 2.18. The summed E-state index contributed by atoms with van der Waals surface area (Å²) in [5.41, 5.74) is 1.92. The zero-order chi connectivity index (χ0) is 11.8. The van der Waals surface area contributed by atoms with Gasteiger partial charge in [0.2, 0.25) is 0 Å². The van der Waals surface area contributed by atoms with Crippen molar-refractivity contribution in [2.24, 2.45) is 11.3 Å². The first-order valence-corrected chi connectivity index (χ1v) is 6.41. The first-order valence-electron chi connectivity index (χ1n) is 6.41. The average molecular weight is 222 g/mol. The number of allylic oxidation sites excluding steroid dienone is 1. The predicted octanol–water partition coefficient (Wildman–Crippen LogP) is 3.46. The Hall–Kier alpha value is -0.790. The van der Waals surface area contributed by atoms with Crippen LogP contribution in [0.1, 0.15) is 52.9 Å². The minimum atomic E-state index is -0.158. The van der Waals surface area contributed by atoms with Gasteiger partial charge in [-0.2, -0.15) is 0 Å². The standard InChI is InChI=1S/C14H22O2/c1-10-5-4-7-14(3)8-6-12(9-13(10)14)16-11(2)15/h9-10,12H,4-8H2,1-3H3/t10-,12?,14-/m0/s1. The van der Waals surface area contributed by atoms with Crippen molar-refractivity contribution in [3.8, 4) is 0 Å². The van der Waals surface area contributed by atoms with Crippen LogP contribution in [0.15, 0.2) is 11.6 Å². The molecule has 2 rings (SSSR count). The molecule has 16 heavy (non-hydrogen) atoms. The van der Waals surface area contributed by atoms with Gasteiger partial charge in [0, 0.05) is 6.92 Å². The highest BCUT2D eigenvalue weighted by atomic mass is 16.5. The Kier molecular flexibility index (Phi) is 3.09. The molecule has 0 amide bonds. The fraction of sp³-hybridized carbons (Fsp3) is 0.786. The maximum atomic E-state index is 11.0. The van der Waals surface area contributed by atoms with Crippen LogP contribution in [0, 0.1) is 11.3 Å². The summed E-state index contributed by atoms with van der Waals surface area (Å²) < 4.78 is 5.32. The Labute approximate surface area is 98.1 Å². The van der Waals surface area contributed by atoms with Gasteiger partial charge in [-0.05, 0) is 43.1 Å². The maximum absolute atomic E-state index is 11.0. The fourth-order valence-corrected chi connectivity index (χ4v) is 3.38. The summed E-state index contributed by atoms with van der Waals surface area (Å²) in [5, 5.41) is 0. The number of hydrogen-bond acceptors (Lipinski definition) is 2. The Morgan fingerprint density at radius 2 is 2.19 bits per heavy atom. The second-order valence-corrected chi connectivity index (χ2v) is 5.66. The molecule has 0 heterocycles. The Morgan fingerprint density at radius 3 is 2.88 bits per heavy atom. The molecule has 1 saturated carbocycles. The van der Waals surface area contributed by atoms with Crippen LogP contribution in [0.3, 0.4) is 0 Å². The molecule has 0 radical (unpaired) electrons. The van der Waals surface area contributed by atoms with E-state index in [1.54, 1.807) is 0 Å². The van der Waals surface area contributed by atoms with E-state index in [9.17, 15) is 4.79 Å². The van der Waals surface area contributed by atoms with Gasteiger partial charge < -0.3 is 4.74 Å². The van der Waals surface area contributed by atoms with Gasteiger partial charge in [0.25, 0.3) is 0 Å². The molecule has 0 bridgehead atoms. The lowest BCUT2D eigenvalue weighted by molar-refractivity contribution is -0.145. The summed E-state index contributed by atoms with van der Waals surface area (Å²) in [6.07, 6.45) is 8.35. The third kappa shape index (κ3) is 2.16. The fourth-order valence-electron chi connectivity index (χ4n) is 3.38. The normalized spacial score (nSPS) is 38.6. The molecule has 1 unspecified atom stereocenters. The summed E-state index contributed by atoms with van der Waals surface area (Å²) >= 11 is 0. The van der Waals surface area contributed by atoms with Crippen LogP contribution in [-0.2, 0) is 9.53 Å². The van der Waals surface area contributed by atoms with Crippen molar-refractivity contribution < 1.29 is 9.53 Å². The van der Waals surface area contributed by atoms with E-state index in [4.69, 9.17) is 4.74 Å². The summed E-state index contributed by atoms with van der Waals surface area (Å²) in [6.45, 7) is 6.18. The molecule has 0 aliphatic heterocycles. The lowest BCUT2D eigenvalue weighted by Gasteiger charge is -2.44. The Morgan fingerprint density at radius 1 is 1.44 bits per heavy atom. The van der Waals surface area contributed by atoms with E-state index in [0.717, 1.165) is 6.42 Å². The van der Waals surface area contributed by atoms with Crippen LogP contribution in [-0.4, -0.2) is 12.1 Å². The van der Waals surface area contributed by atoms with Crippen molar-refractivity contribution in [3.05, 3.63) is 11.6 Å². The van der Waals surface area contributed by atoms with E-state index in [1.807, 2.05) is 0 Å². The van der Waals surface area contributed by atoms with Gasteiger partial charge >= 0.3 is 5.97 Å². The number of carbonyl (C=O) groups excluding carboxylic acids is 1. The van der Waals surface area contributed by atoms with Crippen molar-refractivity contribution in [1.29, 1.82) is 0 Å². The zero-order valence-electron chi connectivity index (χ0n) is 10.6. The molecular formula is C14H22O2. The van der Waals surface area contributed by atoms with Crippen LogP contribution in [0.5, 0.6) is 0 Å². The molecule has 0 saturated heterocycles.